The Morgan fingerprint density at radius 2 is 2.18 bits per heavy atom. The average Bonchev–Trinajstić information content (AvgIpc) is 3.02. The zero-order valence-electron chi connectivity index (χ0n) is 12.4. The maximum absolute atomic E-state index is 12.1. The van der Waals surface area contributed by atoms with Crippen LogP contribution in [0.2, 0.25) is 0 Å². The number of aryl methyl sites for hydroxylation is 1. The number of nitrogens with zero attached hydrogens (tertiary/aromatic N) is 3. The number of ether oxygens (including phenoxy) is 1. The summed E-state index contributed by atoms with van der Waals surface area (Å²) in [7, 11) is 0. The van der Waals surface area contributed by atoms with Gasteiger partial charge in [-0.2, -0.15) is 0 Å². The SMILES string of the molecule is Cc1cccc(C(=O)NCc2csc(N3CCOCC3)n2)n1. The van der Waals surface area contributed by atoms with E-state index in [2.05, 4.69) is 20.2 Å². The molecule has 1 aliphatic heterocycles. The first-order valence-electron chi connectivity index (χ1n) is 7.21. The summed E-state index contributed by atoms with van der Waals surface area (Å²) >= 11 is 1.60. The van der Waals surface area contributed by atoms with Crippen LogP contribution in [0.1, 0.15) is 21.9 Å². The molecule has 0 atom stereocenters. The van der Waals surface area contributed by atoms with Crippen LogP contribution in [0.5, 0.6) is 0 Å². The van der Waals surface area contributed by atoms with E-state index in [9.17, 15) is 4.79 Å². The normalized spacial score (nSPS) is 14.9. The van der Waals surface area contributed by atoms with Gasteiger partial charge in [0.05, 0.1) is 25.5 Å². The number of morpholine rings is 1. The standard InChI is InChI=1S/C15H18N4O2S/c1-11-3-2-4-13(17-11)14(20)16-9-12-10-22-15(18-12)19-5-7-21-8-6-19/h2-4,10H,5-9H2,1H3,(H,16,20). The number of amides is 1. The second-order valence-electron chi connectivity index (χ2n) is 5.07. The zero-order valence-corrected chi connectivity index (χ0v) is 13.2. The molecule has 0 saturated carbocycles. The van der Waals surface area contributed by atoms with Crippen molar-refractivity contribution < 1.29 is 9.53 Å². The molecule has 116 valence electrons. The highest BCUT2D eigenvalue weighted by Crippen LogP contribution is 2.21. The van der Waals surface area contributed by atoms with E-state index in [-0.39, 0.29) is 5.91 Å². The van der Waals surface area contributed by atoms with Crippen LogP contribution in [0.3, 0.4) is 0 Å². The van der Waals surface area contributed by atoms with Gasteiger partial charge in [0.25, 0.3) is 5.91 Å². The predicted octanol–water partition coefficient (Wildman–Crippen LogP) is 1.61. The first-order valence-corrected chi connectivity index (χ1v) is 8.09. The second-order valence-corrected chi connectivity index (χ2v) is 5.90. The fourth-order valence-electron chi connectivity index (χ4n) is 2.21. The molecule has 1 amide bonds. The predicted molar refractivity (Wildman–Crippen MR) is 85.3 cm³/mol. The van der Waals surface area contributed by atoms with Crippen molar-refractivity contribution in [1.82, 2.24) is 15.3 Å². The lowest BCUT2D eigenvalue weighted by molar-refractivity contribution is 0.0945. The molecule has 0 spiro atoms. The Labute approximate surface area is 133 Å². The molecule has 1 aliphatic rings. The maximum atomic E-state index is 12.1. The highest BCUT2D eigenvalue weighted by atomic mass is 32.1. The van der Waals surface area contributed by atoms with E-state index in [1.54, 1.807) is 17.4 Å². The maximum Gasteiger partial charge on any atom is 0.270 e. The summed E-state index contributed by atoms with van der Waals surface area (Å²) in [4.78, 5) is 23.0. The molecule has 0 radical (unpaired) electrons. The topological polar surface area (TPSA) is 67.4 Å². The van der Waals surface area contributed by atoms with Crippen molar-refractivity contribution in [3.63, 3.8) is 0 Å². The Hall–Kier alpha value is -1.99. The van der Waals surface area contributed by atoms with Gasteiger partial charge in [0.1, 0.15) is 5.69 Å². The molecule has 0 aliphatic carbocycles. The Balaban J connectivity index is 1.57. The van der Waals surface area contributed by atoms with Gasteiger partial charge in [-0.25, -0.2) is 9.97 Å². The Kier molecular flexibility index (Phi) is 4.65. The molecule has 3 rings (SSSR count). The van der Waals surface area contributed by atoms with E-state index in [1.807, 2.05) is 24.4 Å². The molecule has 2 aromatic rings. The number of rotatable bonds is 4. The van der Waals surface area contributed by atoms with Crippen LogP contribution in [0, 0.1) is 6.92 Å². The van der Waals surface area contributed by atoms with Crippen LogP contribution in [-0.4, -0.2) is 42.2 Å². The van der Waals surface area contributed by atoms with Gasteiger partial charge in [-0.1, -0.05) is 6.07 Å². The molecule has 2 aromatic heterocycles. The molecule has 1 fully saturated rings. The Morgan fingerprint density at radius 1 is 1.36 bits per heavy atom. The number of hydrogen-bond donors (Lipinski definition) is 1. The molecule has 7 heteroatoms. The van der Waals surface area contributed by atoms with Gasteiger partial charge in [-0.05, 0) is 19.1 Å². The van der Waals surface area contributed by atoms with Gasteiger partial charge in [0.2, 0.25) is 0 Å². The summed E-state index contributed by atoms with van der Waals surface area (Å²) in [5, 5.41) is 5.83. The molecule has 0 bridgehead atoms. The third kappa shape index (κ3) is 3.61. The van der Waals surface area contributed by atoms with Crippen molar-refractivity contribution in [1.29, 1.82) is 0 Å². The lowest BCUT2D eigenvalue weighted by atomic mass is 10.3. The minimum atomic E-state index is -0.176. The Bertz CT molecular complexity index is 652. The lowest BCUT2D eigenvalue weighted by Gasteiger charge is -2.26. The van der Waals surface area contributed by atoms with Gasteiger partial charge >= 0.3 is 0 Å². The van der Waals surface area contributed by atoms with Gasteiger partial charge in [-0.15, -0.1) is 11.3 Å². The van der Waals surface area contributed by atoms with E-state index in [4.69, 9.17) is 4.74 Å². The van der Waals surface area contributed by atoms with Gasteiger partial charge in [0.15, 0.2) is 5.13 Å². The summed E-state index contributed by atoms with van der Waals surface area (Å²) < 4.78 is 5.34. The van der Waals surface area contributed by atoms with E-state index < -0.39 is 0 Å². The number of hydrogen-bond acceptors (Lipinski definition) is 6. The number of nitrogens with one attached hydrogen (secondary N) is 1. The van der Waals surface area contributed by atoms with Gasteiger partial charge in [0, 0.05) is 24.2 Å². The fourth-order valence-corrected chi connectivity index (χ4v) is 3.09. The van der Waals surface area contributed by atoms with Crippen molar-refractivity contribution >= 4 is 22.4 Å². The Morgan fingerprint density at radius 3 is 2.95 bits per heavy atom. The molecule has 0 unspecified atom stereocenters. The largest absolute Gasteiger partial charge is 0.378 e. The number of pyridine rings is 1. The molecular formula is C15H18N4O2S. The minimum absolute atomic E-state index is 0.176. The summed E-state index contributed by atoms with van der Waals surface area (Å²) in [5.41, 5.74) is 2.13. The zero-order chi connectivity index (χ0) is 15.4. The van der Waals surface area contributed by atoms with Crippen molar-refractivity contribution in [3.05, 3.63) is 40.7 Å². The molecular weight excluding hydrogens is 300 g/mol. The third-order valence-electron chi connectivity index (χ3n) is 3.37. The monoisotopic (exact) mass is 318 g/mol. The van der Waals surface area contributed by atoms with E-state index in [0.29, 0.717) is 12.2 Å². The number of anilines is 1. The van der Waals surface area contributed by atoms with E-state index >= 15 is 0 Å². The highest BCUT2D eigenvalue weighted by Gasteiger charge is 2.15. The van der Waals surface area contributed by atoms with Crippen LogP contribution < -0.4 is 10.2 Å². The number of carbonyl (C=O) groups is 1. The van der Waals surface area contributed by atoms with Crippen LogP contribution >= 0.6 is 11.3 Å². The summed E-state index contributed by atoms with van der Waals surface area (Å²) in [6.45, 7) is 5.50. The molecule has 1 N–H and O–H groups in total. The second kappa shape index (κ2) is 6.85. The van der Waals surface area contributed by atoms with Crippen LogP contribution in [0.4, 0.5) is 5.13 Å². The van der Waals surface area contributed by atoms with Crippen molar-refractivity contribution in [2.75, 3.05) is 31.2 Å². The molecule has 1 saturated heterocycles. The molecule has 22 heavy (non-hydrogen) atoms. The highest BCUT2D eigenvalue weighted by molar-refractivity contribution is 7.13. The van der Waals surface area contributed by atoms with Crippen molar-refractivity contribution in [3.8, 4) is 0 Å². The van der Waals surface area contributed by atoms with Crippen LogP contribution in [0.15, 0.2) is 23.6 Å². The summed E-state index contributed by atoms with van der Waals surface area (Å²) in [6.07, 6.45) is 0. The number of aromatic nitrogens is 2. The van der Waals surface area contributed by atoms with Crippen molar-refractivity contribution in [2.45, 2.75) is 13.5 Å². The van der Waals surface area contributed by atoms with Crippen LogP contribution in [-0.2, 0) is 11.3 Å². The minimum Gasteiger partial charge on any atom is -0.378 e. The number of carbonyl (C=O) groups excluding carboxylic acids is 1. The molecule has 0 aromatic carbocycles. The summed E-state index contributed by atoms with van der Waals surface area (Å²) in [6, 6.07) is 5.41. The fraction of sp³-hybridized carbons (Fsp3) is 0.400. The molecule has 3 heterocycles. The summed E-state index contributed by atoms with van der Waals surface area (Å²) in [5.74, 6) is -0.176. The third-order valence-corrected chi connectivity index (χ3v) is 4.32. The van der Waals surface area contributed by atoms with E-state index in [0.717, 1.165) is 42.8 Å². The lowest BCUT2D eigenvalue weighted by Crippen LogP contribution is -2.36. The average molecular weight is 318 g/mol. The number of thiazole rings is 1. The molecule has 6 nitrogen and oxygen atoms in total. The van der Waals surface area contributed by atoms with Crippen molar-refractivity contribution in [2.24, 2.45) is 0 Å². The first-order chi connectivity index (χ1) is 10.7. The van der Waals surface area contributed by atoms with Crippen LogP contribution in [0.25, 0.3) is 0 Å². The smallest absolute Gasteiger partial charge is 0.270 e. The van der Waals surface area contributed by atoms with Gasteiger partial charge in [-0.3, -0.25) is 4.79 Å². The van der Waals surface area contributed by atoms with Gasteiger partial charge < -0.3 is 15.0 Å². The quantitative estimate of drug-likeness (QED) is 0.928. The first kappa shape index (κ1) is 14.9. The van der Waals surface area contributed by atoms with E-state index in [1.165, 1.54) is 0 Å².